The molecule has 1 aromatic carbocycles. The van der Waals surface area contributed by atoms with E-state index < -0.39 is 10.0 Å². The van der Waals surface area contributed by atoms with Crippen LogP contribution in [0.15, 0.2) is 27.6 Å². The lowest BCUT2D eigenvalue weighted by Gasteiger charge is -2.16. The molecule has 0 heterocycles. The Hall–Kier alpha value is -0.0400. The summed E-state index contributed by atoms with van der Waals surface area (Å²) in [4.78, 5) is 0.299. The van der Waals surface area contributed by atoms with Gasteiger partial charge in [-0.3, -0.25) is 0 Å². The van der Waals surface area contributed by atoms with Crippen LogP contribution in [0.2, 0.25) is 0 Å². The van der Waals surface area contributed by atoms with Gasteiger partial charge in [0.05, 0.1) is 4.90 Å². The molecular weight excluding hydrogens is 334 g/mol. The molecule has 0 aliphatic heterocycles. The first kappa shape index (κ1) is 16.0. The van der Waals surface area contributed by atoms with Gasteiger partial charge in [0.25, 0.3) is 0 Å². The SMILES string of the molecule is CCC(CSC)NS(=O)(=O)c1ccc(C)cc1Br. The molecule has 0 aliphatic carbocycles. The highest BCUT2D eigenvalue weighted by molar-refractivity contribution is 9.10. The van der Waals surface area contributed by atoms with Crippen LogP contribution >= 0.6 is 27.7 Å². The highest BCUT2D eigenvalue weighted by Crippen LogP contribution is 2.23. The van der Waals surface area contributed by atoms with Gasteiger partial charge in [0.1, 0.15) is 0 Å². The number of halogens is 1. The number of sulfonamides is 1. The lowest BCUT2D eigenvalue weighted by Crippen LogP contribution is -2.36. The first-order valence-corrected chi connectivity index (χ1v) is 9.35. The summed E-state index contributed by atoms with van der Waals surface area (Å²) in [6.07, 6.45) is 2.75. The minimum Gasteiger partial charge on any atom is -0.207 e. The molecule has 102 valence electrons. The minimum atomic E-state index is -3.45. The van der Waals surface area contributed by atoms with Crippen molar-refractivity contribution in [2.75, 3.05) is 12.0 Å². The third kappa shape index (κ3) is 4.26. The van der Waals surface area contributed by atoms with E-state index in [1.54, 1.807) is 23.9 Å². The van der Waals surface area contributed by atoms with Crippen LogP contribution < -0.4 is 4.72 Å². The smallest absolute Gasteiger partial charge is 0.207 e. The molecule has 6 heteroatoms. The lowest BCUT2D eigenvalue weighted by molar-refractivity contribution is 0.558. The highest BCUT2D eigenvalue weighted by atomic mass is 79.9. The van der Waals surface area contributed by atoms with Crippen LogP contribution in [0, 0.1) is 6.92 Å². The van der Waals surface area contributed by atoms with Gasteiger partial charge in [-0.05, 0) is 53.2 Å². The molecule has 0 aliphatic rings. The van der Waals surface area contributed by atoms with Crippen LogP contribution in [0.1, 0.15) is 18.9 Å². The maximum atomic E-state index is 12.3. The molecule has 3 nitrogen and oxygen atoms in total. The zero-order valence-corrected chi connectivity index (χ0v) is 14.0. The summed E-state index contributed by atoms with van der Waals surface area (Å²) in [6, 6.07) is 5.21. The van der Waals surface area contributed by atoms with Gasteiger partial charge in [0, 0.05) is 16.3 Å². The Kier molecular flexibility index (Phi) is 6.17. The number of aryl methyl sites for hydroxylation is 1. The van der Waals surface area contributed by atoms with Crippen LogP contribution in [0.3, 0.4) is 0 Å². The number of benzene rings is 1. The van der Waals surface area contributed by atoms with E-state index in [0.29, 0.717) is 9.37 Å². The molecule has 0 aromatic heterocycles. The van der Waals surface area contributed by atoms with Crippen molar-refractivity contribution in [3.63, 3.8) is 0 Å². The first-order chi connectivity index (χ1) is 8.40. The summed E-state index contributed by atoms with van der Waals surface area (Å²) >= 11 is 4.95. The molecule has 18 heavy (non-hydrogen) atoms. The summed E-state index contributed by atoms with van der Waals surface area (Å²) < 4.78 is 27.9. The Morgan fingerprint density at radius 3 is 2.61 bits per heavy atom. The zero-order chi connectivity index (χ0) is 13.8. The van der Waals surface area contributed by atoms with Crippen molar-refractivity contribution in [3.8, 4) is 0 Å². The number of hydrogen-bond acceptors (Lipinski definition) is 3. The predicted octanol–water partition coefficient (Wildman–Crippen LogP) is 3.18. The summed E-state index contributed by atoms with van der Waals surface area (Å²) in [5.41, 5.74) is 1.02. The van der Waals surface area contributed by atoms with Crippen molar-refractivity contribution >= 4 is 37.7 Å². The average Bonchev–Trinajstić information content (AvgIpc) is 2.27. The van der Waals surface area contributed by atoms with Crippen molar-refractivity contribution in [1.29, 1.82) is 0 Å². The summed E-state index contributed by atoms with van der Waals surface area (Å²) in [7, 11) is -3.45. The van der Waals surface area contributed by atoms with E-state index in [4.69, 9.17) is 0 Å². The molecular formula is C12H18BrNO2S2. The van der Waals surface area contributed by atoms with Crippen molar-refractivity contribution in [1.82, 2.24) is 4.72 Å². The van der Waals surface area contributed by atoms with Crippen LogP contribution in [-0.2, 0) is 10.0 Å². The fourth-order valence-electron chi connectivity index (χ4n) is 1.54. The Balaban J connectivity index is 2.99. The van der Waals surface area contributed by atoms with E-state index in [9.17, 15) is 8.42 Å². The summed E-state index contributed by atoms with van der Waals surface area (Å²) in [5.74, 6) is 0.777. The third-order valence-corrected chi connectivity index (χ3v) is 5.79. The van der Waals surface area contributed by atoms with Crippen molar-refractivity contribution in [2.45, 2.75) is 31.2 Å². The largest absolute Gasteiger partial charge is 0.241 e. The Morgan fingerprint density at radius 2 is 2.11 bits per heavy atom. The molecule has 1 rings (SSSR count). The minimum absolute atomic E-state index is 0.0294. The van der Waals surface area contributed by atoms with Gasteiger partial charge < -0.3 is 0 Å². The van der Waals surface area contributed by atoms with Gasteiger partial charge in [-0.2, -0.15) is 11.8 Å². The number of nitrogens with one attached hydrogen (secondary N) is 1. The predicted molar refractivity (Wildman–Crippen MR) is 81.7 cm³/mol. The van der Waals surface area contributed by atoms with E-state index in [1.165, 1.54) is 0 Å². The first-order valence-electron chi connectivity index (χ1n) is 5.68. The van der Waals surface area contributed by atoms with E-state index >= 15 is 0 Å². The topological polar surface area (TPSA) is 46.2 Å². The standard InChI is InChI=1S/C12H18BrNO2S2/c1-4-10(8-17-3)14-18(15,16)12-6-5-9(2)7-11(12)13/h5-7,10,14H,4,8H2,1-3H3. The molecule has 1 atom stereocenters. The second-order valence-electron chi connectivity index (χ2n) is 4.12. The van der Waals surface area contributed by atoms with Crippen LogP contribution in [0.4, 0.5) is 0 Å². The van der Waals surface area contributed by atoms with Crippen LogP contribution in [-0.4, -0.2) is 26.5 Å². The summed E-state index contributed by atoms with van der Waals surface area (Å²) in [6.45, 7) is 3.91. The van der Waals surface area contributed by atoms with Gasteiger partial charge in [-0.25, -0.2) is 13.1 Å². The van der Waals surface area contributed by atoms with E-state index in [2.05, 4.69) is 20.7 Å². The fraction of sp³-hybridized carbons (Fsp3) is 0.500. The second kappa shape index (κ2) is 6.93. The highest BCUT2D eigenvalue weighted by Gasteiger charge is 2.21. The average molecular weight is 352 g/mol. The number of hydrogen-bond donors (Lipinski definition) is 1. The molecule has 0 radical (unpaired) electrons. The normalized spacial score (nSPS) is 13.6. The molecule has 0 saturated carbocycles. The Bertz CT molecular complexity index is 503. The number of rotatable bonds is 6. The van der Waals surface area contributed by atoms with Gasteiger partial charge in [-0.1, -0.05) is 13.0 Å². The monoisotopic (exact) mass is 351 g/mol. The second-order valence-corrected chi connectivity index (χ2v) is 7.56. The molecule has 1 N–H and O–H groups in total. The Morgan fingerprint density at radius 1 is 1.44 bits per heavy atom. The van der Waals surface area contributed by atoms with Crippen LogP contribution in [0.5, 0.6) is 0 Å². The molecule has 0 fully saturated rings. The zero-order valence-electron chi connectivity index (χ0n) is 10.7. The van der Waals surface area contributed by atoms with E-state index in [-0.39, 0.29) is 6.04 Å². The van der Waals surface area contributed by atoms with Gasteiger partial charge in [0.2, 0.25) is 10.0 Å². The molecule has 0 saturated heterocycles. The van der Waals surface area contributed by atoms with E-state index in [1.807, 2.05) is 26.2 Å². The third-order valence-electron chi connectivity index (χ3n) is 2.56. The van der Waals surface area contributed by atoms with Gasteiger partial charge in [0.15, 0.2) is 0 Å². The van der Waals surface area contributed by atoms with Crippen molar-refractivity contribution in [3.05, 3.63) is 28.2 Å². The van der Waals surface area contributed by atoms with Gasteiger partial charge >= 0.3 is 0 Å². The summed E-state index contributed by atoms with van der Waals surface area (Å²) in [5, 5.41) is 0. The molecule has 1 aromatic rings. The maximum Gasteiger partial charge on any atom is 0.241 e. The molecule has 0 bridgehead atoms. The van der Waals surface area contributed by atoms with Crippen molar-refractivity contribution in [2.24, 2.45) is 0 Å². The Labute approximate surface area is 122 Å². The van der Waals surface area contributed by atoms with Crippen molar-refractivity contribution < 1.29 is 8.42 Å². The van der Waals surface area contributed by atoms with Crippen LogP contribution in [0.25, 0.3) is 0 Å². The molecule has 1 unspecified atom stereocenters. The molecule has 0 amide bonds. The molecule has 0 spiro atoms. The maximum absolute atomic E-state index is 12.3. The van der Waals surface area contributed by atoms with E-state index in [0.717, 1.165) is 17.7 Å². The fourth-order valence-corrected chi connectivity index (χ4v) is 4.88. The lowest BCUT2D eigenvalue weighted by atomic mass is 10.2. The number of thioether (sulfide) groups is 1. The van der Waals surface area contributed by atoms with Gasteiger partial charge in [-0.15, -0.1) is 0 Å². The quantitative estimate of drug-likeness (QED) is 0.855.